The molecule has 1 aromatic heterocycles. The SMILES string of the molecule is Cc1nc(S(=O)(=O)N2CCCC2C2CCCC2O)cn1C. The molecule has 1 saturated heterocycles. The van der Waals surface area contributed by atoms with Gasteiger partial charge >= 0.3 is 0 Å². The van der Waals surface area contributed by atoms with Crippen LogP contribution in [0.2, 0.25) is 0 Å². The van der Waals surface area contributed by atoms with Gasteiger partial charge in [0.1, 0.15) is 5.82 Å². The molecule has 0 aromatic carbocycles. The predicted molar refractivity (Wildman–Crippen MR) is 78.2 cm³/mol. The molecule has 118 valence electrons. The lowest BCUT2D eigenvalue weighted by Crippen LogP contribution is -2.42. The summed E-state index contributed by atoms with van der Waals surface area (Å²) in [5.41, 5.74) is 0. The number of aliphatic hydroxyl groups excluding tert-OH is 1. The Kier molecular flexibility index (Phi) is 3.83. The van der Waals surface area contributed by atoms with Crippen LogP contribution in [0.3, 0.4) is 0 Å². The molecular weight excluding hydrogens is 290 g/mol. The Bertz CT molecular complexity index is 606. The molecule has 2 fully saturated rings. The van der Waals surface area contributed by atoms with Crippen LogP contribution in [0.4, 0.5) is 0 Å². The molecule has 2 aliphatic rings. The second-order valence-corrected chi connectivity index (χ2v) is 8.06. The van der Waals surface area contributed by atoms with Crippen molar-refractivity contribution in [1.82, 2.24) is 13.9 Å². The molecule has 3 rings (SSSR count). The van der Waals surface area contributed by atoms with Gasteiger partial charge in [-0.2, -0.15) is 4.31 Å². The van der Waals surface area contributed by atoms with Gasteiger partial charge in [0.2, 0.25) is 0 Å². The van der Waals surface area contributed by atoms with E-state index >= 15 is 0 Å². The molecule has 3 atom stereocenters. The molecule has 0 spiro atoms. The van der Waals surface area contributed by atoms with E-state index in [1.54, 1.807) is 29.0 Å². The van der Waals surface area contributed by atoms with Gasteiger partial charge in [-0.3, -0.25) is 0 Å². The Balaban J connectivity index is 1.90. The summed E-state index contributed by atoms with van der Waals surface area (Å²) in [7, 11) is -1.76. The van der Waals surface area contributed by atoms with E-state index in [0.717, 1.165) is 32.1 Å². The van der Waals surface area contributed by atoms with Crippen LogP contribution in [0.15, 0.2) is 11.2 Å². The Morgan fingerprint density at radius 1 is 1.29 bits per heavy atom. The summed E-state index contributed by atoms with van der Waals surface area (Å²) in [6.45, 7) is 2.33. The highest BCUT2D eigenvalue weighted by Crippen LogP contribution is 2.38. The van der Waals surface area contributed by atoms with Crippen molar-refractivity contribution in [3.05, 3.63) is 12.0 Å². The van der Waals surface area contributed by atoms with E-state index in [9.17, 15) is 13.5 Å². The first-order chi connectivity index (χ1) is 9.91. The van der Waals surface area contributed by atoms with E-state index in [-0.39, 0.29) is 23.1 Å². The predicted octanol–water partition coefficient (Wildman–Crippen LogP) is 1.04. The molecule has 3 unspecified atom stereocenters. The Morgan fingerprint density at radius 3 is 2.62 bits per heavy atom. The summed E-state index contributed by atoms with van der Waals surface area (Å²) in [6.07, 6.45) is 5.60. The van der Waals surface area contributed by atoms with Crippen LogP contribution in [-0.4, -0.2) is 46.1 Å². The monoisotopic (exact) mass is 313 g/mol. The van der Waals surface area contributed by atoms with Gasteiger partial charge in [0.25, 0.3) is 10.0 Å². The van der Waals surface area contributed by atoms with Gasteiger partial charge < -0.3 is 9.67 Å². The van der Waals surface area contributed by atoms with Gasteiger partial charge in [-0.15, -0.1) is 0 Å². The van der Waals surface area contributed by atoms with Crippen LogP contribution in [-0.2, 0) is 17.1 Å². The fourth-order valence-electron chi connectivity index (χ4n) is 3.68. The molecule has 21 heavy (non-hydrogen) atoms. The zero-order valence-corrected chi connectivity index (χ0v) is 13.4. The Hall–Kier alpha value is -0.920. The lowest BCUT2D eigenvalue weighted by Gasteiger charge is -2.29. The zero-order chi connectivity index (χ0) is 15.2. The molecule has 1 aromatic rings. The topological polar surface area (TPSA) is 75.4 Å². The zero-order valence-electron chi connectivity index (χ0n) is 12.6. The summed E-state index contributed by atoms with van der Waals surface area (Å²) < 4.78 is 29.0. The number of nitrogens with zero attached hydrogens (tertiary/aromatic N) is 3. The second-order valence-electron chi connectivity index (χ2n) is 6.22. The average molecular weight is 313 g/mol. The van der Waals surface area contributed by atoms with Crippen molar-refractivity contribution < 1.29 is 13.5 Å². The number of aromatic nitrogens is 2. The standard InChI is InChI=1S/C14H23N3O3S/c1-10-15-14(9-16(10)2)21(19,20)17-8-4-6-12(17)11-5-3-7-13(11)18/h9,11-13,18H,3-8H2,1-2H3. The second kappa shape index (κ2) is 5.37. The minimum absolute atomic E-state index is 0.0742. The largest absolute Gasteiger partial charge is 0.393 e. The van der Waals surface area contributed by atoms with Crippen molar-refractivity contribution in [2.75, 3.05) is 6.54 Å². The molecule has 1 aliphatic heterocycles. The number of hydrogen-bond donors (Lipinski definition) is 1. The Morgan fingerprint density at radius 2 is 2.05 bits per heavy atom. The maximum absolute atomic E-state index is 12.8. The molecule has 2 heterocycles. The summed E-state index contributed by atoms with van der Waals surface area (Å²) in [5, 5.41) is 10.2. The molecule has 7 heteroatoms. The van der Waals surface area contributed by atoms with Crippen LogP contribution in [0, 0.1) is 12.8 Å². The minimum atomic E-state index is -3.56. The number of imidazole rings is 1. The van der Waals surface area contributed by atoms with E-state index in [1.165, 1.54) is 0 Å². The third-order valence-electron chi connectivity index (χ3n) is 4.93. The van der Waals surface area contributed by atoms with E-state index in [4.69, 9.17) is 0 Å². The van der Waals surface area contributed by atoms with Gasteiger partial charge in [0.05, 0.1) is 6.10 Å². The molecule has 0 bridgehead atoms. The quantitative estimate of drug-likeness (QED) is 0.905. The number of aliphatic hydroxyl groups is 1. The van der Waals surface area contributed by atoms with Crippen LogP contribution < -0.4 is 0 Å². The fraction of sp³-hybridized carbons (Fsp3) is 0.786. The molecule has 0 amide bonds. The fourth-order valence-corrected chi connectivity index (χ4v) is 5.45. The van der Waals surface area contributed by atoms with Gasteiger partial charge in [0, 0.05) is 31.7 Å². The van der Waals surface area contributed by atoms with Crippen molar-refractivity contribution in [2.45, 2.75) is 56.2 Å². The molecule has 1 saturated carbocycles. The van der Waals surface area contributed by atoms with E-state index in [1.807, 2.05) is 0 Å². The van der Waals surface area contributed by atoms with Gasteiger partial charge in [-0.25, -0.2) is 13.4 Å². The number of sulfonamides is 1. The van der Waals surface area contributed by atoms with Crippen LogP contribution in [0.5, 0.6) is 0 Å². The molecule has 6 nitrogen and oxygen atoms in total. The maximum atomic E-state index is 12.8. The van der Waals surface area contributed by atoms with Crippen LogP contribution >= 0.6 is 0 Å². The first-order valence-corrected chi connectivity index (χ1v) is 9.05. The highest BCUT2D eigenvalue weighted by atomic mass is 32.2. The minimum Gasteiger partial charge on any atom is -0.393 e. The van der Waals surface area contributed by atoms with Crippen LogP contribution in [0.1, 0.15) is 37.9 Å². The molecular formula is C14H23N3O3S. The summed E-state index contributed by atoms with van der Waals surface area (Å²) in [6, 6.07) is -0.0742. The lowest BCUT2D eigenvalue weighted by molar-refractivity contribution is 0.0974. The van der Waals surface area contributed by atoms with Crippen molar-refractivity contribution in [1.29, 1.82) is 0 Å². The highest BCUT2D eigenvalue weighted by Gasteiger charge is 2.44. The highest BCUT2D eigenvalue weighted by molar-refractivity contribution is 7.89. The van der Waals surface area contributed by atoms with Crippen molar-refractivity contribution >= 4 is 10.0 Å². The summed E-state index contributed by atoms with van der Waals surface area (Å²) >= 11 is 0. The van der Waals surface area contributed by atoms with Gasteiger partial charge in [-0.05, 0) is 32.6 Å². The Labute approximate surface area is 125 Å². The normalized spacial score (nSPS) is 31.1. The van der Waals surface area contributed by atoms with Crippen molar-refractivity contribution in [3.63, 3.8) is 0 Å². The van der Waals surface area contributed by atoms with Crippen molar-refractivity contribution in [3.8, 4) is 0 Å². The molecule has 1 N–H and O–H groups in total. The first kappa shape index (κ1) is 15.0. The van der Waals surface area contributed by atoms with Crippen molar-refractivity contribution in [2.24, 2.45) is 13.0 Å². The number of aryl methyl sites for hydroxylation is 2. The van der Waals surface area contributed by atoms with Gasteiger partial charge in [-0.1, -0.05) is 6.42 Å². The third-order valence-corrected chi connectivity index (χ3v) is 6.73. The summed E-state index contributed by atoms with van der Waals surface area (Å²) in [5.74, 6) is 0.761. The number of rotatable bonds is 3. The van der Waals surface area contributed by atoms with Gasteiger partial charge in [0.15, 0.2) is 5.03 Å². The van der Waals surface area contributed by atoms with E-state index in [2.05, 4.69) is 4.98 Å². The van der Waals surface area contributed by atoms with E-state index < -0.39 is 10.0 Å². The number of hydrogen-bond acceptors (Lipinski definition) is 4. The first-order valence-electron chi connectivity index (χ1n) is 7.61. The molecule has 0 radical (unpaired) electrons. The van der Waals surface area contributed by atoms with Crippen LogP contribution in [0.25, 0.3) is 0 Å². The maximum Gasteiger partial charge on any atom is 0.262 e. The molecule has 1 aliphatic carbocycles. The van der Waals surface area contributed by atoms with E-state index in [0.29, 0.717) is 12.4 Å². The average Bonchev–Trinajstić information content (AvgIpc) is 3.11. The summed E-state index contributed by atoms with van der Waals surface area (Å²) in [4.78, 5) is 4.18. The third kappa shape index (κ3) is 2.51. The smallest absolute Gasteiger partial charge is 0.262 e. The lowest BCUT2D eigenvalue weighted by atomic mass is 9.95.